The SMILES string of the molecule is Cc1ncsc1-c1ccc([C@H](C)NC(=O)[C@@H]2C[C@@H](O)CN2C(=O)[C@@H](NCCOCCOCCn2cc(CNc3cccc(Cc4c(C)c5ccc(Oc6ncccn6)cc5oc4=O)c3F)nn2)C(C)(C)C)cc1. The van der Waals surface area contributed by atoms with Gasteiger partial charge in [-0.1, -0.05) is 62.4 Å². The van der Waals surface area contributed by atoms with Crippen molar-refractivity contribution in [1.82, 2.24) is 45.5 Å². The van der Waals surface area contributed by atoms with E-state index in [9.17, 15) is 19.5 Å². The molecule has 18 nitrogen and oxygen atoms in total. The van der Waals surface area contributed by atoms with Gasteiger partial charge in [0, 0.05) is 55.3 Å². The van der Waals surface area contributed by atoms with Crippen LogP contribution in [-0.4, -0.2) is 109 Å². The second-order valence-corrected chi connectivity index (χ2v) is 19.9. The average molecular weight is 1020 g/mol. The number of hydrogen-bond acceptors (Lipinski definition) is 16. The molecule has 8 rings (SSSR count). The zero-order valence-electron chi connectivity index (χ0n) is 41.8. The average Bonchev–Trinajstić information content (AvgIpc) is 4.13. The number of halogens is 1. The molecule has 0 spiro atoms. The Morgan fingerprint density at radius 3 is 2.49 bits per heavy atom. The first kappa shape index (κ1) is 52.4. The summed E-state index contributed by atoms with van der Waals surface area (Å²) in [5.41, 5.74) is 6.26. The van der Waals surface area contributed by atoms with E-state index in [0.717, 1.165) is 21.7 Å². The molecule has 384 valence electrons. The van der Waals surface area contributed by atoms with Crippen molar-refractivity contribution >= 4 is 39.8 Å². The summed E-state index contributed by atoms with van der Waals surface area (Å²) in [7, 11) is 0. The molecule has 4 N–H and O–H groups in total. The van der Waals surface area contributed by atoms with Gasteiger partial charge in [-0.2, -0.15) is 0 Å². The Hall–Kier alpha value is -6.97. The van der Waals surface area contributed by atoms with Crippen LogP contribution in [0.3, 0.4) is 0 Å². The number of aliphatic hydroxyl groups excluding tert-OH is 1. The molecule has 1 fully saturated rings. The van der Waals surface area contributed by atoms with Crippen molar-refractivity contribution in [3.63, 3.8) is 0 Å². The Morgan fingerprint density at radius 1 is 0.986 bits per heavy atom. The third-order valence-electron chi connectivity index (χ3n) is 12.7. The number of benzene rings is 3. The summed E-state index contributed by atoms with van der Waals surface area (Å²) in [6, 6.07) is 18.2. The molecule has 1 aliphatic rings. The first-order valence-electron chi connectivity index (χ1n) is 24.2. The van der Waals surface area contributed by atoms with Crippen molar-refractivity contribution in [2.24, 2.45) is 5.41 Å². The number of nitrogens with one attached hydrogen (secondary N) is 3. The lowest BCUT2D eigenvalue weighted by atomic mass is 9.85. The molecule has 2 amide bonds. The van der Waals surface area contributed by atoms with Crippen molar-refractivity contribution in [2.45, 2.75) is 91.7 Å². The van der Waals surface area contributed by atoms with E-state index in [1.54, 1.807) is 77.1 Å². The molecule has 0 aliphatic carbocycles. The van der Waals surface area contributed by atoms with Gasteiger partial charge in [0.15, 0.2) is 0 Å². The third kappa shape index (κ3) is 13.2. The second-order valence-electron chi connectivity index (χ2n) is 19.1. The Balaban J connectivity index is 0.740. The van der Waals surface area contributed by atoms with Crippen molar-refractivity contribution < 1.29 is 37.7 Å². The highest BCUT2D eigenvalue weighted by molar-refractivity contribution is 7.13. The van der Waals surface area contributed by atoms with E-state index in [0.29, 0.717) is 78.6 Å². The lowest BCUT2D eigenvalue weighted by Crippen LogP contribution is -2.57. The van der Waals surface area contributed by atoms with E-state index in [-0.39, 0.29) is 55.5 Å². The van der Waals surface area contributed by atoms with Crippen LogP contribution in [0.15, 0.2) is 100 Å². The molecule has 73 heavy (non-hydrogen) atoms. The van der Waals surface area contributed by atoms with Gasteiger partial charge >= 0.3 is 11.6 Å². The first-order chi connectivity index (χ1) is 35.1. The van der Waals surface area contributed by atoms with Gasteiger partial charge < -0.3 is 44.6 Å². The van der Waals surface area contributed by atoms with Crippen LogP contribution in [0, 0.1) is 25.1 Å². The Bertz CT molecular complexity index is 3050. The number of aryl methyl sites for hydroxylation is 2. The van der Waals surface area contributed by atoms with Crippen LogP contribution < -0.4 is 26.3 Å². The highest BCUT2D eigenvalue weighted by Crippen LogP contribution is 2.31. The third-order valence-corrected chi connectivity index (χ3v) is 13.7. The normalized spacial score (nSPS) is 15.6. The number of carbonyl (C=O) groups is 2. The summed E-state index contributed by atoms with van der Waals surface area (Å²) in [4.78, 5) is 56.0. The standard InChI is InChI=1S/C53H61FN10O8S/c1-32-41-16-15-40(71-52-56-17-8-18-57-52)27-45(41)72-51(68)42(32)25-37-9-7-10-43(46(37)54)58-28-38-29-63(62-61-38)20-22-70-24-23-69-21-19-55-48(53(4,5)6)50(67)64-30-39(65)26-44(64)49(66)60-33(2)35-11-13-36(14-12-35)47-34(3)59-31-73-47/h7-18,27,29,31,33,39,44,48,55,58,65H,19-26,28,30H2,1-6H3,(H,60,66)/t33-,39+,44-,48+/m0/s1. The summed E-state index contributed by atoms with van der Waals surface area (Å²) in [5, 5.41) is 29.2. The van der Waals surface area contributed by atoms with Gasteiger partial charge in [-0.3, -0.25) is 9.59 Å². The first-order valence-corrected chi connectivity index (χ1v) is 25.1. The van der Waals surface area contributed by atoms with Crippen LogP contribution in [0.25, 0.3) is 21.4 Å². The van der Waals surface area contributed by atoms with E-state index in [1.807, 2.05) is 71.3 Å². The molecule has 4 aromatic heterocycles. The summed E-state index contributed by atoms with van der Waals surface area (Å²) >= 11 is 1.58. The van der Waals surface area contributed by atoms with Crippen LogP contribution in [-0.2, 0) is 38.6 Å². The molecule has 1 saturated heterocycles. The second kappa shape index (κ2) is 23.7. The molecule has 0 radical (unpaired) electrons. The van der Waals surface area contributed by atoms with Crippen molar-refractivity contribution in [1.29, 1.82) is 0 Å². The number of carbonyl (C=O) groups excluding carboxylic acids is 2. The minimum atomic E-state index is -0.813. The summed E-state index contributed by atoms with van der Waals surface area (Å²) in [6.07, 6.45) is 4.25. The quantitative estimate of drug-likeness (QED) is 0.0400. The van der Waals surface area contributed by atoms with Crippen LogP contribution >= 0.6 is 11.3 Å². The van der Waals surface area contributed by atoms with E-state index < -0.39 is 35.0 Å². The van der Waals surface area contributed by atoms with Gasteiger partial charge in [0.2, 0.25) is 11.8 Å². The number of anilines is 1. The minimum absolute atomic E-state index is 0.0273. The molecular formula is C53H61FN10O8S. The number of aliphatic hydroxyl groups is 1. The molecule has 0 bridgehead atoms. The van der Waals surface area contributed by atoms with Gasteiger partial charge in [-0.25, -0.2) is 28.8 Å². The highest BCUT2D eigenvalue weighted by Gasteiger charge is 2.44. The molecule has 4 atom stereocenters. The fourth-order valence-electron chi connectivity index (χ4n) is 8.73. The fraction of sp³-hybridized carbons (Fsp3) is 0.396. The number of aromatic nitrogens is 6. The molecule has 7 aromatic rings. The summed E-state index contributed by atoms with van der Waals surface area (Å²) in [5.74, 6) is -0.635. The molecule has 0 saturated carbocycles. The van der Waals surface area contributed by atoms with E-state index in [1.165, 1.54) is 4.90 Å². The van der Waals surface area contributed by atoms with Gasteiger partial charge in [-0.05, 0) is 72.7 Å². The number of hydrogen-bond donors (Lipinski definition) is 4. The molecule has 0 unspecified atom stereocenters. The Morgan fingerprint density at radius 2 is 1.75 bits per heavy atom. The van der Waals surface area contributed by atoms with E-state index >= 15 is 4.39 Å². The van der Waals surface area contributed by atoms with Crippen molar-refractivity contribution in [3.05, 3.63) is 141 Å². The van der Waals surface area contributed by atoms with Gasteiger partial charge in [0.25, 0.3) is 0 Å². The van der Waals surface area contributed by atoms with Crippen molar-refractivity contribution in [3.8, 4) is 22.2 Å². The predicted octanol–water partition coefficient (Wildman–Crippen LogP) is 6.93. The largest absolute Gasteiger partial charge is 0.424 e. The molecule has 1 aliphatic heterocycles. The number of fused-ring (bicyclic) bond motifs is 1. The number of amides is 2. The molecule has 3 aromatic carbocycles. The molecule has 5 heterocycles. The van der Waals surface area contributed by atoms with Gasteiger partial charge in [0.1, 0.15) is 28.9 Å². The number of ether oxygens (including phenoxy) is 3. The number of rotatable bonds is 22. The zero-order chi connectivity index (χ0) is 51.6. The smallest absolute Gasteiger partial charge is 0.340 e. The maximum absolute atomic E-state index is 15.8. The number of β-amino-alcohol motifs (C(OH)–C–C–N with tert-alkyl or cyclic N) is 1. The topological polar surface area (TPSA) is 221 Å². The lowest BCUT2D eigenvalue weighted by Gasteiger charge is -2.35. The number of likely N-dealkylation sites (tertiary alicyclic amines) is 1. The monoisotopic (exact) mass is 1020 g/mol. The molecule has 20 heteroatoms. The van der Waals surface area contributed by atoms with E-state index in [2.05, 4.69) is 41.2 Å². The number of thiazole rings is 1. The maximum Gasteiger partial charge on any atom is 0.340 e. The molecular weight excluding hydrogens is 956 g/mol. The summed E-state index contributed by atoms with van der Waals surface area (Å²) in [6.45, 7) is 14.0. The number of nitrogens with zero attached hydrogens (tertiary/aromatic N) is 7. The lowest BCUT2D eigenvalue weighted by molar-refractivity contribution is -0.142. The van der Waals surface area contributed by atoms with Gasteiger partial charge in [0.05, 0.1) is 85.7 Å². The van der Waals surface area contributed by atoms with Crippen LogP contribution in [0.1, 0.15) is 73.8 Å². The Kier molecular flexibility index (Phi) is 17.0. The van der Waals surface area contributed by atoms with Crippen LogP contribution in [0.5, 0.6) is 11.8 Å². The maximum atomic E-state index is 15.8. The van der Waals surface area contributed by atoms with E-state index in [4.69, 9.17) is 18.6 Å². The van der Waals surface area contributed by atoms with Gasteiger partial charge in [-0.15, -0.1) is 16.4 Å². The Labute approximate surface area is 426 Å². The minimum Gasteiger partial charge on any atom is -0.424 e. The fourth-order valence-corrected chi connectivity index (χ4v) is 9.54. The summed E-state index contributed by atoms with van der Waals surface area (Å²) < 4.78 is 40.4. The van der Waals surface area contributed by atoms with Crippen LogP contribution in [0.4, 0.5) is 10.1 Å². The highest BCUT2D eigenvalue weighted by atomic mass is 32.1. The van der Waals surface area contributed by atoms with Crippen LogP contribution in [0.2, 0.25) is 0 Å². The van der Waals surface area contributed by atoms with Crippen molar-refractivity contribution in [2.75, 3.05) is 44.8 Å². The zero-order valence-corrected chi connectivity index (χ0v) is 42.6. The predicted molar refractivity (Wildman–Crippen MR) is 274 cm³/mol.